The number of nitrogens with one attached hydrogen (secondary N) is 1. The topological polar surface area (TPSA) is 24.5 Å². The lowest BCUT2D eigenvalue weighted by atomic mass is 10.1. The van der Waals surface area contributed by atoms with Crippen LogP contribution in [0.4, 0.5) is 0 Å². The van der Waals surface area contributed by atoms with Gasteiger partial charge in [0.05, 0.1) is 13.7 Å². The summed E-state index contributed by atoms with van der Waals surface area (Å²) in [6.45, 7) is 4.73. The zero-order valence-corrected chi connectivity index (χ0v) is 8.47. The van der Waals surface area contributed by atoms with Crippen molar-refractivity contribution in [3.05, 3.63) is 0 Å². The minimum absolute atomic E-state index is 0.618. The summed E-state index contributed by atoms with van der Waals surface area (Å²) in [5.41, 5.74) is 0. The van der Waals surface area contributed by atoms with E-state index in [9.17, 15) is 0 Å². The molecule has 0 aromatic carbocycles. The molecule has 0 aromatic heterocycles. The van der Waals surface area contributed by atoms with Crippen LogP contribution in [0, 0.1) is 11.8 Å². The fraction of sp³-hybridized carbons (Fsp3) is 0.800. The summed E-state index contributed by atoms with van der Waals surface area (Å²) in [6, 6.07) is 0.618. The molecule has 0 saturated carbocycles. The molecule has 1 N–H and O–H groups in total. The first-order valence-electron chi connectivity index (χ1n) is 4.79. The van der Waals surface area contributed by atoms with Crippen molar-refractivity contribution in [1.82, 2.24) is 10.4 Å². The van der Waals surface area contributed by atoms with E-state index >= 15 is 0 Å². The fourth-order valence-corrected chi connectivity index (χ4v) is 1.53. The molecule has 0 unspecified atom stereocenters. The van der Waals surface area contributed by atoms with E-state index in [2.05, 4.69) is 17.2 Å². The molecule has 3 nitrogen and oxygen atoms in total. The van der Waals surface area contributed by atoms with Gasteiger partial charge in [0, 0.05) is 19.1 Å². The predicted octanol–water partition coefficient (Wildman–Crippen LogP) is 0.625. The SMILES string of the molecule is CC#CCNC1CCN(OC)CC1. The summed E-state index contributed by atoms with van der Waals surface area (Å²) in [6.07, 6.45) is 2.30. The van der Waals surface area contributed by atoms with Crippen molar-refractivity contribution in [2.45, 2.75) is 25.8 Å². The largest absolute Gasteiger partial charge is 0.303 e. The molecule has 1 heterocycles. The third-order valence-corrected chi connectivity index (χ3v) is 2.37. The third kappa shape index (κ3) is 3.77. The number of piperidine rings is 1. The van der Waals surface area contributed by atoms with E-state index in [1.165, 1.54) is 0 Å². The molecule has 3 heteroatoms. The Bertz CT molecular complexity index is 187. The summed E-state index contributed by atoms with van der Waals surface area (Å²) < 4.78 is 0. The first-order valence-corrected chi connectivity index (χ1v) is 4.79. The molecule has 0 spiro atoms. The Morgan fingerprint density at radius 2 is 2.15 bits per heavy atom. The maximum absolute atomic E-state index is 5.14. The normalized spacial score (nSPS) is 19.5. The summed E-state index contributed by atoms with van der Waals surface area (Å²) in [7, 11) is 1.73. The van der Waals surface area contributed by atoms with E-state index in [1.807, 2.05) is 12.0 Å². The predicted molar refractivity (Wildman–Crippen MR) is 53.1 cm³/mol. The summed E-state index contributed by atoms with van der Waals surface area (Å²) >= 11 is 0. The van der Waals surface area contributed by atoms with Crippen molar-refractivity contribution in [3.8, 4) is 11.8 Å². The van der Waals surface area contributed by atoms with Gasteiger partial charge in [-0.3, -0.25) is 0 Å². The maximum Gasteiger partial charge on any atom is 0.0578 e. The molecular formula is C10H18N2O. The maximum atomic E-state index is 5.14. The number of hydrogen-bond donors (Lipinski definition) is 1. The lowest BCUT2D eigenvalue weighted by Gasteiger charge is -2.30. The smallest absolute Gasteiger partial charge is 0.0578 e. The molecular weight excluding hydrogens is 164 g/mol. The minimum Gasteiger partial charge on any atom is -0.303 e. The molecule has 1 rings (SSSR count). The average molecular weight is 182 g/mol. The van der Waals surface area contributed by atoms with Gasteiger partial charge in [0.15, 0.2) is 0 Å². The molecule has 1 saturated heterocycles. The first-order chi connectivity index (χ1) is 6.36. The van der Waals surface area contributed by atoms with E-state index in [-0.39, 0.29) is 0 Å². The molecule has 0 radical (unpaired) electrons. The molecule has 0 bridgehead atoms. The molecule has 0 aliphatic carbocycles. The highest BCUT2D eigenvalue weighted by atomic mass is 16.7. The minimum atomic E-state index is 0.618. The highest BCUT2D eigenvalue weighted by Gasteiger charge is 2.17. The van der Waals surface area contributed by atoms with Crippen LogP contribution >= 0.6 is 0 Å². The molecule has 13 heavy (non-hydrogen) atoms. The standard InChI is InChI=1S/C10H18N2O/c1-3-4-7-11-10-5-8-12(13-2)9-6-10/h10-11H,5-9H2,1-2H3. The highest BCUT2D eigenvalue weighted by Crippen LogP contribution is 2.09. The Labute approximate surface area is 80.4 Å². The van der Waals surface area contributed by atoms with E-state index in [1.54, 1.807) is 7.11 Å². The average Bonchev–Trinajstić information content (AvgIpc) is 2.19. The molecule has 1 aliphatic rings. The van der Waals surface area contributed by atoms with Gasteiger partial charge in [-0.2, -0.15) is 5.06 Å². The van der Waals surface area contributed by atoms with Crippen molar-refractivity contribution in [2.75, 3.05) is 26.7 Å². The van der Waals surface area contributed by atoms with Crippen molar-refractivity contribution < 1.29 is 4.84 Å². The first kappa shape index (κ1) is 10.5. The lowest BCUT2D eigenvalue weighted by Crippen LogP contribution is -2.42. The highest BCUT2D eigenvalue weighted by molar-refractivity contribution is 4.97. The fourth-order valence-electron chi connectivity index (χ4n) is 1.53. The molecule has 0 aromatic rings. The van der Waals surface area contributed by atoms with Crippen LogP contribution in [-0.4, -0.2) is 37.8 Å². The van der Waals surface area contributed by atoms with Crippen LogP contribution in [0.3, 0.4) is 0 Å². The van der Waals surface area contributed by atoms with Gasteiger partial charge in [-0.1, -0.05) is 5.92 Å². The Hall–Kier alpha value is -0.560. The number of nitrogens with zero attached hydrogens (tertiary/aromatic N) is 1. The van der Waals surface area contributed by atoms with Crippen LogP contribution in [0.5, 0.6) is 0 Å². The summed E-state index contributed by atoms with van der Waals surface area (Å²) in [5, 5.41) is 5.41. The Morgan fingerprint density at radius 3 is 2.69 bits per heavy atom. The van der Waals surface area contributed by atoms with Gasteiger partial charge in [-0.05, 0) is 19.8 Å². The van der Waals surface area contributed by atoms with E-state index in [4.69, 9.17) is 4.84 Å². The Kier molecular flexibility index (Phi) is 4.84. The lowest BCUT2D eigenvalue weighted by molar-refractivity contribution is -0.144. The second-order valence-corrected chi connectivity index (χ2v) is 3.19. The van der Waals surface area contributed by atoms with Crippen LogP contribution in [0.15, 0.2) is 0 Å². The Balaban J connectivity index is 2.12. The van der Waals surface area contributed by atoms with Crippen LogP contribution in [0.1, 0.15) is 19.8 Å². The van der Waals surface area contributed by atoms with Crippen molar-refractivity contribution in [1.29, 1.82) is 0 Å². The van der Waals surface area contributed by atoms with Crippen LogP contribution in [-0.2, 0) is 4.84 Å². The second-order valence-electron chi connectivity index (χ2n) is 3.19. The van der Waals surface area contributed by atoms with Gasteiger partial charge in [0.2, 0.25) is 0 Å². The van der Waals surface area contributed by atoms with Crippen LogP contribution < -0.4 is 5.32 Å². The molecule has 0 atom stereocenters. The van der Waals surface area contributed by atoms with Gasteiger partial charge in [-0.15, -0.1) is 5.92 Å². The number of rotatable bonds is 3. The summed E-state index contributed by atoms with van der Waals surface area (Å²) in [5.74, 6) is 5.89. The van der Waals surface area contributed by atoms with Crippen LogP contribution in [0.25, 0.3) is 0 Å². The van der Waals surface area contributed by atoms with Crippen molar-refractivity contribution in [3.63, 3.8) is 0 Å². The third-order valence-electron chi connectivity index (χ3n) is 2.37. The molecule has 1 aliphatic heterocycles. The summed E-state index contributed by atoms with van der Waals surface area (Å²) in [4.78, 5) is 5.14. The number of hydroxylamine groups is 2. The van der Waals surface area contributed by atoms with Gasteiger partial charge < -0.3 is 10.2 Å². The van der Waals surface area contributed by atoms with Gasteiger partial charge in [0.1, 0.15) is 0 Å². The van der Waals surface area contributed by atoms with Gasteiger partial charge >= 0.3 is 0 Å². The van der Waals surface area contributed by atoms with E-state index in [0.29, 0.717) is 6.04 Å². The molecule has 0 amide bonds. The van der Waals surface area contributed by atoms with Crippen molar-refractivity contribution >= 4 is 0 Å². The van der Waals surface area contributed by atoms with Crippen LogP contribution in [0.2, 0.25) is 0 Å². The van der Waals surface area contributed by atoms with Gasteiger partial charge in [0.25, 0.3) is 0 Å². The molecule has 1 fully saturated rings. The van der Waals surface area contributed by atoms with Gasteiger partial charge in [-0.25, -0.2) is 0 Å². The quantitative estimate of drug-likeness (QED) is 0.648. The monoisotopic (exact) mass is 182 g/mol. The van der Waals surface area contributed by atoms with E-state index < -0.39 is 0 Å². The zero-order valence-electron chi connectivity index (χ0n) is 8.47. The Morgan fingerprint density at radius 1 is 1.46 bits per heavy atom. The number of hydrogen-bond acceptors (Lipinski definition) is 3. The van der Waals surface area contributed by atoms with Crippen molar-refractivity contribution in [2.24, 2.45) is 0 Å². The zero-order chi connectivity index (χ0) is 9.52. The van der Waals surface area contributed by atoms with E-state index in [0.717, 1.165) is 32.5 Å². The molecule has 74 valence electrons. The second kappa shape index (κ2) is 5.98.